The molecule has 0 aromatic heterocycles. The molecule has 2 rings (SSSR count). The van der Waals surface area contributed by atoms with E-state index in [0.717, 1.165) is 5.56 Å². The van der Waals surface area contributed by atoms with E-state index in [0.29, 0.717) is 36.2 Å². The fourth-order valence-corrected chi connectivity index (χ4v) is 2.09. The number of halogens is 1. The van der Waals surface area contributed by atoms with Crippen LogP contribution in [0.4, 0.5) is 0 Å². The van der Waals surface area contributed by atoms with Crippen LogP contribution in [0.25, 0.3) is 0 Å². The second kappa shape index (κ2) is 4.69. The van der Waals surface area contributed by atoms with Gasteiger partial charge in [0, 0.05) is 0 Å². The van der Waals surface area contributed by atoms with Crippen molar-refractivity contribution in [2.24, 2.45) is 5.41 Å². The van der Waals surface area contributed by atoms with Crippen LogP contribution in [0.2, 0.25) is 5.02 Å². The van der Waals surface area contributed by atoms with Crippen molar-refractivity contribution in [3.8, 4) is 11.5 Å². The van der Waals surface area contributed by atoms with Crippen LogP contribution in [-0.4, -0.2) is 24.3 Å². The van der Waals surface area contributed by atoms with Gasteiger partial charge in [-0.3, -0.25) is 4.79 Å². The van der Waals surface area contributed by atoms with Crippen LogP contribution < -0.4 is 9.47 Å². The van der Waals surface area contributed by atoms with Gasteiger partial charge in [0.2, 0.25) is 0 Å². The molecule has 0 bridgehead atoms. The Kier molecular flexibility index (Phi) is 3.39. The van der Waals surface area contributed by atoms with Gasteiger partial charge in [0.25, 0.3) is 0 Å². The first-order chi connectivity index (χ1) is 8.42. The van der Waals surface area contributed by atoms with Crippen molar-refractivity contribution in [3.05, 3.63) is 22.7 Å². The first kappa shape index (κ1) is 13.0. The molecule has 4 nitrogen and oxygen atoms in total. The molecule has 1 N–H and O–H groups in total. The summed E-state index contributed by atoms with van der Waals surface area (Å²) in [6, 6.07) is 3.56. The Labute approximate surface area is 110 Å². The summed E-state index contributed by atoms with van der Waals surface area (Å²) in [5.74, 6) is 0.276. The molecule has 0 atom stereocenters. The van der Waals surface area contributed by atoms with Crippen molar-refractivity contribution in [1.82, 2.24) is 0 Å². The quantitative estimate of drug-likeness (QED) is 0.918. The molecule has 1 aliphatic heterocycles. The number of ether oxygens (including phenoxy) is 2. The van der Waals surface area contributed by atoms with E-state index in [-0.39, 0.29) is 0 Å². The number of rotatable bonds is 3. The molecule has 0 saturated heterocycles. The van der Waals surface area contributed by atoms with Crippen LogP contribution in [0, 0.1) is 5.41 Å². The van der Waals surface area contributed by atoms with Gasteiger partial charge < -0.3 is 14.6 Å². The maximum atomic E-state index is 11.1. The SMILES string of the molecule is CC(C)(Cc1ccc2c(c1Cl)OCCO2)C(=O)O. The predicted molar refractivity (Wildman–Crippen MR) is 67.6 cm³/mol. The molecule has 0 fully saturated rings. The fraction of sp³-hybridized carbons (Fsp3) is 0.462. The minimum atomic E-state index is -0.868. The number of hydrogen-bond acceptors (Lipinski definition) is 3. The lowest BCUT2D eigenvalue weighted by Crippen LogP contribution is -2.26. The molecule has 1 aromatic carbocycles. The number of carboxylic acid groups (broad SMARTS) is 1. The summed E-state index contributed by atoms with van der Waals surface area (Å²) < 4.78 is 10.9. The van der Waals surface area contributed by atoms with Crippen molar-refractivity contribution in [2.45, 2.75) is 20.3 Å². The number of carboxylic acids is 1. The van der Waals surface area contributed by atoms with Crippen molar-refractivity contribution in [3.63, 3.8) is 0 Å². The van der Waals surface area contributed by atoms with Crippen molar-refractivity contribution in [2.75, 3.05) is 13.2 Å². The summed E-state index contributed by atoms with van der Waals surface area (Å²) in [4.78, 5) is 11.1. The molecule has 1 aliphatic rings. The van der Waals surface area contributed by atoms with Crippen molar-refractivity contribution < 1.29 is 19.4 Å². The van der Waals surface area contributed by atoms with Gasteiger partial charge in [0.05, 0.1) is 10.4 Å². The van der Waals surface area contributed by atoms with Gasteiger partial charge in [-0.15, -0.1) is 0 Å². The third-order valence-electron chi connectivity index (χ3n) is 2.94. The van der Waals surface area contributed by atoms with Gasteiger partial charge in [-0.25, -0.2) is 0 Å². The number of carbonyl (C=O) groups is 1. The minimum absolute atomic E-state index is 0.345. The van der Waals surface area contributed by atoms with Crippen LogP contribution in [0.1, 0.15) is 19.4 Å². The smallest absolute Gasteiger partial charge is 0.309 e. The Balaban J connectivity index is 2.33. The first-order valence-electron chi connectivity index (χ1n) is 5.72. The third-order valence-corrected chi connectivity index (χ3v) is 3.35. The Morgan fingerprint density at radius 2 is 2.06 bits per heavy atom. The number of aliphatic carboxylic acids is 1. The highest BCUT2D eigenvalue weighted by Gasteiger charge is 2.29. The molecule has 0 radical (unpaired) electrons. The van der Waals surface area contributed by atoms with E-state index < -0.39 is 11.4 Å². The third kappa shape index (κ3) is 2.38. The maximum Gasteiger partial charge on any atom is 0.309 e. The molecule has 1 aromatic rings. The van der Waals surface area contributed by atoms with E-state index in [9.17, 15) is 4.79 Å². The van der Waals surface area contributed by atoms with Crippen LogP contribution in [0.15, 0.2) is 12.1 Å². The summed E-state index contributed by atoms with van der Waals surface area (Å²) in [6.07, 6.45) is 0.345. The molecule has 1 heterocycles. The average Bonchev–Trinajstić information content (AvgIpc) is 2.33. The normalized spacial score (nSPS) is 14.4. The van der Waals surface area contributed by atoms with Gasteiger partial charge in [-0.2, -0.15) is 0 Å². The number of hydrogen-bond donors (Lipinski definition) is 1. The monoisotopic (exact) mass is 270 g/mol. The summed E-state index contributed by atoms with van der Waals surface area (Å²) in [6.45, 7) is 4.30. The van der Waals surface area contributed by atoms with Crippen LogP contribution in [-0.2, 0) is 11.2 Å². The molecule has 18 heavy (non-hydrogen) atoms. The summed E-state index contributed by atoms with van der Waals surface area (Å²) >= 11 is 6.24. The van der Waals surface area contributed by atoms with E-state index >= 15 is 0 Å². The average molecular weight is 271 g/mol. The molecule has 0 spiro atoms. The molecular formula is C13H15ClO4. The lowest BCUT2D eigenvalue weighted by atomic mass is 9.86. The van der Waals surface area contributed by atoms with Crippen LogP contribution in [0.5, 0.6) is 11.5 Å². The molecular weight excluding hydrogens is 256 g/mol. The molecule has 0 unspecified atom stereocenters. The van der Waals surface area contributed by atoms with Gasteiger partial charge in [-0.1, -0.05) is 17.7 Å². The van der Waals surface area contributed by atoms with Gasteiger partial charge in [0.15, 0.2) is 11.5 Å². The summed E-state index contributed by atoms with van der Waals surface area (Å²) in [5.41, 5.74) is -0.110. The minimum Gasteiger partial charge on any atom is -0.486 e. The highest BCUT2D eigenvalue weighted by Crippen LogP contribution is 2.41. The Morgan fingerprint density at radius 3 is 2.72 bits per heavy atom. The molecule has 5 heteroatoms. The fourth-order valence-electron chi connectivity index (χ4n) is 1.81. The van der Waals surface area contributed by atoms with Crippen LogP contribution in [0.3, 0.4) is 0 Å². The molecule has 0 aliphatic carbocycles. The van der Waals surface area contributed by atoms with E-state index in [1.165, 1.54) is 0 Å². The van der Waals surface area contributed by atoms with E-state index in [1.54, 1.807) is 26.0 Å². The van der Waals surface area contributed by atoms with Gasteiger partial charge in [-0.05, 0) is 31.9 Å². The highest BCUT2D eigenvalue weighted by molar-refractivity contribution is 6.33. The number of fused-ring (bicyclic) bond motifs is 1. The lowest BCUT2D eigenvalue weighted by Gasteiger charge is -2.23. The summed E-state index contributed by atoms with van der Waals surface area (Å²) in [7, 11) is 0. The topological polar surface area (TPSA) is 55.8 Å². The zero-order valence-electron chi connectivity index (χ0n) is 10.3. The highest BCUT2D eigenvalue weighted by atomic mass is 35.5. The summed E-state index contributed by atoms with van der Waals surface area (Å²) in [5, 5.41) is 9.58. The van der Waals surface area contributed by atoms with E-state index in [2.05, 4.69) is 0 Å². The second-order valence-corrected chi connectivity index (χ2v) is 5.31. The predicted octanol–water partition coefficient (Wildman–Crippen LogP) is 2.76. The first-order valence-corrected chi connectivity index (χ1v) is 6.10. The molecule has 0 saturated carbocycles. The second-order valence-electron chi connectivity index (χ2n) is 4.93. The van der Waals surface area contributed by atoms with Crippen LogP contribution >= 0.6 is 11.6 Å². The Morgan fingerprint density at radius 1 is 1.39 bits per heavy atom. The zero-order valence-corrected chi connectivity index (χ0v) is 11.1. The van der Waals surface area contributed by atoms with Crippen molar-refractivity contribution in [1.29, 1.82) is 0 Å². The molecule has 0 amide bonds. The maximum absolute atomic E-state index is 11.1. The largest absolute Gasteiger partial charge is 0.486 e. The molecule has 98 valence electrons. The standard InChI is InChI=1S/C13H15ClO4/c1-13(2,12(15)16)7-8-3-4-9-11(10(8)14)18-6-5-17-9/h3-4H,5-7H2,1-2H3,(H,15,16). The Bertz CT molecular complexity index is 482. The van der Waals surface area contributed by atoms with E-state index in [4.69, 9.17) is 26.2 Å². The van der Waals surface area contributed by atoms with Crippen molar-refractivity contribution >= 4 is 17.6 Å². The lowest BCUT2D eigenvalue weighted by molar-refractivity contribution is -0.146. The zero-order chi connectivity index (χ0) is 13.3. The van der Waals surface area contributed by atoms with E-state index in [1.807, 2.05) is 0 Å². The Hall–Kier alpha value is -1.42. The van der Waals surface area contributed by atoms with Gasteiger partial charge in [0.1, 0.15) is 13.2 Å². The number of benzene rings is 1. The van der Waals surface area contributed by atoms with Gasteiger partial charge >= 0.3 is 5.97 Å².